The molecule has 0 spiro atoms. The van der Waals surface area contributed by atoms with Crippen molar-refractivity contribution in [2.75, 3.05) is 25.4 Å². The van der Waals surface area contributed by atoms with E-state index in [4.69, 9.17) is 15.5 Å². The number of hydrogen-bond acceptors (Lipinski definition) is 7. The Labute approximate surface area is 193 Å². The number of rotatable bonds is 9. The van der Waals surface area contributed by atoms with Gasteiger partial charge >= 0.3 is 0 Å². The number of nitrogens with one attached hydrogen (secondary N) is 1. The molecule has 5 rings (SSSR count). The van der Waals surface area contributed by atoms with Crippen LogP contribution in [0, 0.1) is 12.3 Å². The average molecular weight is 451 g/mol. The lowest BCUT2D eigenvalue weighted by Gasteiger charge is -2.27. The van der Waals surface area contributed by atoms with Gasteiger partial charge < -0.3 is 25.5 Å². The molecule has 175 valence electrons. The summed E-state index contributed by atoms with van der Waals surface area (Å²) in [6, 6.07) is 7.12. The highest BCUT2D eigenvalue weighted by Crippen LogP contribution is 2.42. The minimum atomic E-state index is -1.26. The Morgan fingerprint density at radius 3 is 2.82 bits per heavy atom. The first-order chi connectivity index (χ1) is 16.0. The molecule has 2 aromatic heterocycles. The Bertz CT molecular complexity index is 1160. The number of piperidine rings is 1. The highest BCUT2D eigenvalue weighted by Gasteiger charge is 2.51. The maximum atomic E-state index is 13.7. The van der Waals surface area contributed by atoms with Crippen molar-refractivity contribution < 1.29 is 14.6 Å². The monoisotopic (exact) mass is 450 g/mol. The molecule has 1 atom stereocenters. The zero-order valence-corrected chi connectivity index (χ0v) is 19.1. The van der Waals surface area contributed by atoms with E-state index in [2.05, 4.69) is 16.7 Å². The predicted octanol–water partition coefficient (Wildman–Crippen LogP) is 2.93. The minimum Gasteiger partial charge on any atom is -0.382 e. The quantitative estimate of drug-likeness (QED) is 0.459. The Morgan fingerprint density at radius 2 is 2.09 bits per heavy atom. The summed E-state index contributed by atoms with van der Waals surface area (Å²) in [5, 5.41) is 15.1. The van der Waals surface area contributed by atoms with E-state index in [0.717, 1.165) is 48.8 Å². The number of ether oxygens (including phenoxy) is 1. The van der Waals surface area contributed by atoms with E-state index in [1.807, 2.05) is 35.8 Å². The fourth-order valence-electron chi connectivity index (χ4n) is 4.87. The van der Waals surface area contributed by atoms with E-state index < -0.39 is 11.6 Å². The van der Waals surface area contributed by atoms with Crippen molar-refractivity contribution in [3.63, 3.8) is 0 Å². The maximum absolute atomic E-state index is 13.7. The van der Waals surface area contributed by atoms with E-state index in [0.29, 0.717) is 42.5 Å². The number of nitrogens with zero attached hydrogens (tertiary/aromatic N) is 3. The highest BCUT2D eigenvalue weighted by atomic mass is 16.5. The Hall–Kier alpha value is -2.55. The van der Waals surface area contributed by atoms with Gasteiger partial charge in [-0.05, 0) is 70.5 Å². The van der Waals surface area contributed by atoms with E-state index in [1.165, 1.54) is 0 Å². The molecule has 1 aliphatic carbocycles. The molecule has 2 aliphatic rings. The number of aromatic nitrogens is 3. The number of carbonyl (C=O) groups is 1. The van der Waals surface area contributed by atoms with Crippen molar-refractivity contribution >= 4 is 33.5 Å². The summed E-state index contributed by atoms with van der Waals surface area (Å²) in [5.41, 5.74) is 7.15. The number of nitrogen functional groups attached to an aromatic ring is 1. The van der Waals surface area contributed by atoms with Crippen LogP contribution in [-0.2, 0) is 16.1 Å². The van der Waals surface area contributed by atoms with Crippen molar-refractivity contribution in [1.29, 1.82) is 0 Å². The van der Waals surface area contributed by atoms with Gasteiger partial charge in [-0.25, -0.2) is 9.97 Å². The largest absolute Gasteiger partial charge is 0.382 e. The summed E-state index contributed by atoms with van der Waals surface area (Å²) in [5.74, 6) is 1.30. The number of anilines is 1. The highest BCUT2D eigenvalue weighted by molar-refractivity contribution is 6.07. The SMILES string of the molecule is CCOCc1nc2c(N)nc3ccccc3c2n1C([CH]CC1CCNCC1)C(=O)C1(O)CC1. The van der Waals surface area contributed by atoms with Crippen LogP contribution in [0.25, 0.3) is 21.9 Å². The molecule has 3 aromatic rings. The number of aliphatic hydroxyl groups is 1. The van der Waals surface area contributed by atoms with Crippen LogP contribution < -0.4 is 11.1 Å². The number of ketones is 1. The smallest absolute Gasteiger partial charge is 0.187 e. The van der Waals surface area contributed by atoms with Gasteiger partial charge in [0.05, 0.1) is 11.0 Å². The number of nitrogens with two attached hydrogens (primary N) is 1. The third kappa shape index (κ3) is 4.23. The van der Waals surface area contributed by atoms with Gasteiger partial charge in [0.2, 0.25) is 0 Å². The zero-order chi connectivity index (χ0) is 23.0. The van der Waals surface area contributed by atoms with E-state index in [-0.39, 0.29) is 12.4 Å². The van der Waals surface area contributed by atoms with Gasteiger partial charge in [0, 0.05) is 12.0 Å². The molecule has 0 amide bonds. The molecule has 1 saturated carbocycles. The first kappa shape index (κ1) is 22.3. The molecule has 1 aromatic carbocycles. The number of benzene rings is 1. The number of imidazole rings is 1. The number of pyridine rings is 1. The molecule has 1 radical (unpaired) electrons. The number of carbonyl (C=O) groups excluding carboxylic acids is 1. The standard InChI is InChI=1S/C25H32N5O3/c1-2-33-15-20-29-21-22(17-5-3-4-6-18(17)28-24(21)26)30(20)19(23(31)25(32)11-12-25)8-7-16-9-13-27-14-10-16/h3-6,8,16,19,27,32H,2,7,9-15H2,1H3,(H2,26,28). The first-order valence-electron chi connectivity index (χ1n) is 12.0. The second-order valence-corrected chi connectivity index (χ2v) is 9.25. The molecule has 1 saturated heterocycles. The van der Waals surface area contributed by atoms with Crippen molar-refractivity contribution in [2.24, 2.45) is 5.92 Å². The molecule has 1 unspecified atom stereocenters. The zero-order valence-electron chi connectivity index (χ0n) is 19.1. The first-order valence-corrected chi connectivity index (χ1v) is 12.0. The van der Waals surface area contributed by atoms with Gasteiger partial charge in [0.15, 0.2) is 11.6 Å². The predicted molar refractivity (Wildman–Crippen MR) is 128 cm³/mol. The number of hydrogen-bond donors (Lipinski definition) is 3. The van der Waals surface area contributed by atoms with E-state index in [9.17, 15) is 9.90 Å². The second kappa shape index (κ2) is 9.00. The number of para-hydroxylation sites is 1. The summed E-state index contributed by atoms with van der Waals surface area (Å²) < 4.78 is 7.68. The van der Waals surface area contributed by atoms with Gasteiger partial charge in [0.25, 0.3) is 0 Å². The Morgan fingerprint density at radius 1 is 1.33 bits per heavy atom. The van der Waals surface area contributed by atoms with Gasteiger partial charge in [-0.15, -0.1) is 0 Å². The van der Waals surface area contributed by atoms with Gasteiger partial charge in [-0.3, -0.25) is 4.79 Å². The lowest BCUT2D eigenvalue weighted by Crippen LogP contribution is -2.34. The van der Waals surface area contributed by atoms with Crippen LogP contribution in [-0.4, -0.2) is 50.7 Å². The minimum absolute atomic E-state index is 0.173. The van der Waals surface area contributed by atoms with Crippen molar-refractivity contribution in [2.45, 2.75) is 57.3 Å². The van der Waals surface area contributed by atoms with Crippen LogP contribution in [0.2, 0.25) is 0 Å². The van der Waals surface area contributed by atoms with Crippen LogP contribution in [0.3, 0.4) is 0 Å². The molecular weight excluding hydrogens is 418 g/mol. The number of Topliss-reactive ketones (excluding diaryl/α,β-unsaturated/α-hetero) is 1. The normalized spacial score (nSPS) is 19.2. The van der Waals surface area contributed by atoms with E-state index in [1.54, 1.807) is 0 Å². The van der Waals surface area contributed by atoms with Crippen molar-refractivity contribution in [1.82, 2.24) is 19.9 Å². The van der Waals surface area contributed by atoms with Gasteiger partial charge in [-0.1, -0.05) is 18.2 Å². The maximum Gasteiger partial charge on any atom is 0.187 e. The third-order valence-corrected chi connectivity index (χ3v) is 6.94. The summed E-state index contributed by atoms with van der Waals surface area (Å²) in [6.07, 6.45) is 6.05. The van der Waals surface area contributed by atoms with Crippen molar-refractivity contribution in [3.8, 4) is 0 Å². The molecule has 1 aliphatic heterocycles. The summed E-state index contributed by atoms with van der Waals surface area (Å²) >= 11 is 0. The molecule has 0 bridgehead atoms. The Balaban J connectivity index is 1.65. The molecule has 4 N–H and O–H groups in total. The topological polar surface area (TPSA) is 115 Å². The lowest BCUT2D eigenvalue weighted by molar-refractivity contribution is -0.131. The molecule has 8 nitrogen and oxygen atoms in total. The summed E-state index contributed by atoms with van der Waals surface area (Å²) in [7, 11) is 0. The fraction of sp³-hybridized carbons (Fsp3) is 0.520. The molecule has 2 fully saturated rings. The summed E-state index contributed by atoms with van der Waals surface area (Å²) in [6.45, 7) is 4.70. The third-order valence-electron chi connectivity index (χ3n) is 6.94. The second-order valence-electron chi connectivity index (χ2n) is 9.25. The molecular formula is C25H32N5O3. The molecule has 3 heterocycles. The summed E-state index contributed by atoms with van der Waals surface area (Å²) in [4.78, 5) is 23.0. The molecule has 8 heteroatoms. The van der Waals surface area contributed by atoms with Crippen LogP contribution in [0.1, 0.15) is 50.9 Å². The number of fused-ring (bicyclic) bond motifs is 3. The van der Waals surface area contributed by atoms with Crippen LogP contribution >= 0.6 is 0 Å². The average Bonchev–Trinajstić information content (AvgIpc) is 3.47. The van der Waals surface area contributed by atoms with Crippen LogP contribution in [0.5, 0.6) is 0 Å². The van der Waals surface area contributed by atoms with Crippen molar-refractivity contribution in [3.05, 3.63) is 36.5 Å². The lowest BCUT2D eigenvalue weighted by atomic mass is 9.89. The van der Waals surface area contributed by atoms with Crippen LogP contribution in [0.15, 0.2) is 24.3 Å². The van der Waals surface area contributed by atoms with Crippen LogP contribution in [0.4, 0.5) is 5.82 Å². The molecule has 33 heavy (non-hydrogen) atoms. The van der Waals surface area contributed by atoms with Gasteiger partial charge in [0.1, 0.15) is 29.6 Å². The fourth-order valence-corrected chi connectivity index (χ4v) is 4.87. The van der Waals surface area contributed by atoms with E-state index >= 15 is 0 Å². The Kier molecular flexibility index (Phi) is 6.07. The van der Waals surface area contributed by atoms with Gasteiger partial charge in [-0.2, -0.15) is 0 Å².